The number of carbonyl (C=O) groups is 1. The van der Waals surface area contributed by atoms with E-state index in [0.717, 1.165) is 11.3 Å². The van der Waals surface area contributed by atoms with Crippen LogP contribution in [-0.2, 0) is 14.9 Å². The summed E-state index contributed by atoms with van der Waals surface area (Å²) in [5.74, 6) is -1.28. The molecule has 8 heteroatoms. The summed E-state index contributed by atoms with van der Waals surface area (Å²) in [6.07, 6.45) is 0. The maximum Gasteiger partial charge on any atom is 0.347 e. The third-order valence-electron chi connectivity index (χ3n) is 1.43. The fraction of sp³-hybridized carbons (Fsp3) is 0.286. The molecule has 6 nitrogen and oxygen atoms in total. The Balaban J connectivity index is 3.05. The quantitative estimate of drug-likeness (QED) is 0.750. The third kappa shape index (κ3) is 2.75. The Morgan fingerprint density at radius 2 is 2.33 bits per heavy atom. The van der Waals surface area contributed by atoms with Crippen LogP contribution in [0.3, 0.4) is 0 Å². The van der Waals surface area contributed by atoms with E-state index >= 15 is 0 Å². The van der Waals surface area contributed by atoms with Crippen LogP contribution < -0.4 is 4.89 Å². The molecule has 0 spiro atoms. The molecular weight excluding hydrogens is 242 g/mol. The molecule has 0 aromatic carbocycles. The van der Waals surface area contributed by atoms with Crippen molar-refractivity contribution in [1.82, 2.24) is 4.89 Å². The topological polar surface area (TPSA) is 92.7 Å². The van der Waals surface area contributed by atoms with E-state index in [4.69, 9.17) is 5.11 Å². The van der Waals surface area contributed by atoms with Crippen LogP contribution in [0, 0.1) is 0 Å². The number of hydrogen-bond donors (Lipinski definition) is 2. The number of aromatic carboxylic acids is 1. The van der Waals surface area contributed by atoms with Crippen LogP contribution in [0.4, 0.5) is 0 Å². The number of rotatable bonds is 5. The van der Waals surface area contributed by atoms with Gasteiger partial charge in [0.2, 0.25) is 0 Å². The fourth-order valence-electron chi connectivity index (χ4n) is 0.846. The van der Waals surface area contributed by atoms with Gasteiger partial charge in [-0.3, -0.25) is 4.84 Å². The Bertz CT molecular complexity index is 450. The second kappa shape index (κ2) is 4.71. The van der Waals surface area contributed by atoms with Crippen LogP contribution in [-0.4, -0.2) is 26.1 Å². The summed E-state index contributed by atoms with van der Waals surface area (Å²) in [6.45, 7) is 1.76. The summed E-state index contributed by atoms with van der Waals surface area (Å²) in [4.78, 5) is 16.5. The number of carboxylic acids is 1. The molecule has 2 N–H and O–H groups in total. The zero-order valence-corrected chi connectivity index (χ0v) is 9.39. The Morgan fingerprint density at radius 1 is 1.67 bits per heavy atom. The number of thiophene rings is 1. The van der Waals surface area contributed by atoms with Crippen LogP contribution in [0.1, 0.15) is 16.6 Å². The van der Waals surface area contributed by atoms with Gasteiger partial charge in [0, 0.05) is 0 Å². The van der Waals surface area contributed by atoms with Crippen molar-refractivity contribution < 1.29 is 23.2 Å². The zero-order valence-electron chi connectivity index (χ0n) is 7.76. The SMILES string of the molecule is CCONS(=O)(=O)c1ccsc1C(=O)O. The first-order valence-electron chi connectivity index (χ1n) is 3.93. The minimum Gasteiger partial charge on any atom is -0.477 e. The standard InChI is InChI=1S/C7H9NO5S2/c1-2-13-8-15(11,12)5-3-4-14-6(5)7(9)10/h3-4,8H,2H2,1H3,(H,9,10). The van der Waals surface area contributed by atoms with E-state index in [1.54, 1.807) is 6.92 Å². The lowest BCUT2D eigenvalue weighted by Gasteiger charge is -2.04. The lowest BCUT2D eigenvalue weighted by Crippen LogP contribution is -2.24. The van der Waals surface area contributed by atoms with Crippen LogP contribution in [0.2, 0.25) is 0 Å². The normalized spacial score (nSPS) is 11.5. The number of nitrogens with one attached hydrogen (secondary N) is 1. The molecule has 0 aliphatic carbocycles. The molecule has 84 valence electrons. The first-order valence-corrected chi connectivity index (χ1v) is 6.29. The van der Waals surface area contributed by atoms with Gasteiger partial charge in [0.25, 0.3) is 10.0 Å². The van der Waals surface area contributed by atoms with Gasteiger partial charge in [0.05, 0.1) is 6.61 Å². The van der Waals surface area contributed by atoms with Crippen LogP contribution in [0.15, 0.2) is 16.3 Å². The first-order chi connectivity index (χ1) is 6.99. The lowest BCUT2D eigenvalue weighted by atomic mass is 10.5. The van der Waals surface area contributed by atoms with Crippen molar-refractivity contribution in [3.8, 4) is 0 Å². The van der Waals surface area contributed by atoms with Gasteiger partial charge >= 0.3 is 5.97 Å². The molecule has 1 aromatic rings. The van der Waals surface area contributed by atoms with E-state index in [1.165, 1.54) is 11.4 Å². The molecule has 15 heavy (non-hydrogen) atoms. The number of carboxylic acid groups (broad SMARTS) is 1. The second-order valence-electron chi connectivity index (χ2n) is 2.44. The van der Waals surface area contributed by atoms with Crippen molar-refractivity contribution >= 4 is 27.3 Å². The predicted octanol–water partition coefficient (Wildman–Crippen LogP) is 0.676. The Kier molecular flexibility index (Phi) is 3.80. The van der Waals surface area contributed by atoms with Gasteiger partial charge < -0.3 is 5.11 Å². The van der Waals surface area contributed by atoms with Crippen molar-refractivity contribution in [2.45, 2.75) is 11.8 Å². The van der Waals surface area contributed by atoms with Crippen molar-refractivity contribution in [2.24, 2.45) is 0 Å². The third-order valence-corrected chi connectivity index (χ3v) is 3.71. The van der Waals surface area contributed by atoms with E-state index in [-0.39, 0.29) is 16.4 Å². The first kappa shape index (κ1) is 12.1. The largest absolute Gasteiger partial charge is 0.477 e. The van der Waals surface area contributed by atoms with Crippen molar-refractivity contribution in [1.29, 1.82) is 0 Å². The predicted molar refractivity (Wildman–Crippen MR) is 53.2 cm³/mol. The smallest absolute Gasteiger partial charge is 0.347 e. The molecule has 0 aliphatic rings. The van der Waals surface area contributed by atoms with Gasteiger partial charge in [-0.25, -0.2) is 13.2 Å². The zero-order chi connectivity index (χ0) is 11.5. The molecule has 0 unspecified atom stereocenters. The van der Waals surface area contributed by atoms with Gasteiger partial charge in [0.1, 0.15) is 9.77 Å². The Hall–Kier alpha value is -0.960. The number of hydrogen-bond acceptors (Lipinski definition) is 5. The average molecular weight is 251 g/mol. The molecule has 0 saturated carbocycles. The van der Waals surface area contributed by atoms with E-state index in [1.807, 2.05) is 4.89 Å². The molecule has 0 fully saturated rings. The molecular formula is C7H9NO5S2. The maximum absolute atomic E-state index is 11.5. The van der Waals surface area contributed by atoms with Gasteiger partial charge in [-0.05, 0) is 18.4 Å². The van der Waals surface area contributed by atoms with Gasteiger partial charge in [-0.2, -0.15) is 0 Å². The molecule has 0 amide bonds. The minimum atomic E-state index is -3.90. The summed E-state index contributed by atoms with van der Waals surface area (Å²) in [7, 11) is -3.90. The summed E-state index contributed by atoms with van der Waals surface area (Å²) in [5, 5.41) is 10.1. The summed E-state index contributed by atoms with van der Waals surface area (Å²) in [6, 6.07) is 1.22. The number of sulfonamides is 1. The maximum atomic E-state index is 11.5. The van der Waals surface area contributed by atoms with Crippen molar-refractivity contribution in [3.63, 3.8) is 0 Å². The Morgan fingerprint density at radius 3 is 2.87 bits per heavy atom. The average Bonchev–Trinajstić information content (AvgIpc) is 2.63. The van der Waals surface area contributed by atoms with Crippen molar-refractivity contribution in [3.05, 3.63) is 16.3 Å². The van der Waals surface area contributed by atoms with Crippen LogP contribution >= 0.6 is 11.3 Å². The monoisotopic (exact) mass is 251 g/mol. The molecule has 1 heterocycles. The van der Waals surface area contributed by atoms with E-state index < -0.39 is 16.0 Å². The molecule has 1 aromatic heterocycles. The molecule has 0 radical (unpaired) electrons. The molecule has 0 aliphatic heterocycles. The van der Waals surface area contributed by atoms with Crippen LogP contribution in [0.25, 0.3) is 0 Å². The highest BCUT2D eigenvalue weighted by molar-refractivity contribution is 7.89. The molecule has 1 rings (SSSR count). The minimum absolute atomic E-state index is 0.159. The van der Waals surface area contributed by atoms with E-state index in [2.05, 4.69) is 4.84 Å². The van der Waals surface area contributed by atoms with Gasteiger partial charge in [-0.15, -0.1) is 11.3 Å². The summed E-state index contributed by atoms with van der Waals surface area (Å²) >= 11 is 0.844. The highest BCUT2D eigenvalue weighted by Gasteiger charge is 2.23. The van der Waals surface area contributed by atoms with Crippen LogP contribution in [0.5, 0.6) is 0 Å². The Labute approximate surface area is 90.5 Å². The summed E-state index contributed by atoms with van der Waals surface area (Å²) in [5.41, 5.74) is 0. The van der Waals surface area contributed by atoms with Gasteiger partial charge in [-0.1, -0.05) is 4.89 Å². The lowest BCUT2D eigenvalue weighted by molar-refractivity contribution is 0.0697. The molecule has 0 atom stereocenters. The van der Waals surface area contributed by atoms with E-state index in [0.29, 0.717) is 0 Å². The fourth-order valence-corrected chi connectivity index (χ4v) is 2.97. The van der Waals surface area contributed by atoms with E-state index in [9.17, 15) is 13.2 Å². The highest BCUT2D eigenvalue weighted by Crippen LogP contribution is 2.21. The highest BCUT2D eigenvalue weighted by atomic mass is 32.2. The molecule has 0 bridgehead atoms. The summed E-state index contributed by atoms with van der Waals surface area (Å²) < 4.78 is 23.0. The van der Waals surface area contributed by atoms with Crippen molar-refractivity contribution in [2.75, 3.05) is 6.61 Å². The van der Waals surface area contributed by atoms with Gasteiger partial charge in [0.15, 0.2) is 0 Å². The molecule has 0 saturated heterocycles. The second-order valence-corrected chi connectivity index (χ2v) is 4.97.